The minimum Gasteiger partial charge on any atom is -0.363 e. The van der Waals surface area contributed by atoms with Crippen LogP contribution in [-0.4, -0.2) is 40.0 Å². The van der Waals surface area contributed by atoms with Crippen molar-refractivity contribution < 1.29 is 8.78 Å². The van der Waals surface area contributed by atoms with Gasteiger partial charge in [0, 0.05) is 47.6 Å². The number of anilines is 1. The first-order valence-electron chi connectivity index (χ1n) is 9.87. The van der Waals surface area contributed by atoms with Crippen LogP contribution in [0.3, 0.4) is 0 Å². The summed E-state index contributed by atoms with van der Waals surface area (Å²) in [5.41, 5.74) is 6.65. The lowest BCUT2D eigenvalue weighted by Crippen LogP contribution is -2.27. The summed E-state index contributed by atoms with van der Waals surface area (Å²) in [6.07, 6.45) is 1.34. The van der Waals surface area contributed by atoms with Gasteiger partial charge in [-0.05, 0) is 35.2 Å². The fourth-order valence-corrected chi connectivity index (χ4v) is 4.41. The molecule has 10 heteroatoms. The molecule has 0 atom stereocenters. The highest BCUT2D eigenvalue weighted by Crippen LogP contribution is 2.31. The predicted octanol–water partition coefficient (Wildman–Crippen LogP) is 3.55. The highest BCUT2D eigenvalue weighted by Gasteiger charge is 2.12. The van der Waals surface area contributed by atoms with Crippen molar-refractivity contribution in [3.05, 3.63) is 75.9 Å². The summed E-state index contributed by atoms with van der Waals surface area (Å²) in [7, 11) is 3.90. The third-order valence-corrected chi connectivity index (χ3v) is 6.17. The third kappa shape index (κ3) is 4.46. The Morgan fingerprint density at radius 3 is 2.59 bits per heavy atom. The Balaban J connectivity index is 1.56. The van der Waals surface area contributed by atoms with Gasteiger partial charge in [0.1, 0.15) is 12.1 Å². The number of benzene rings is 1. The van der Waals surface area contributed by atoms with Gasteiger partial charge in [-0.25, -0.2) is 14.5 Å². The second kappa shape index (κ2) is 9.01. The lowest BCUT2D eigenvalue weighted by atomic mass is 10.1. The second-order valence-corrected chi connectivity index (χ2v) is 8.70. The first-order valence-corrected chi connectivity index (χ1v) is 10.7. The molecule has 4 rings (SSSR count). The quantitative estimate of drug-likeness (QED) is 0.460. The van der Waals surface area contributed by atoms with E-state index in [-0.39, 0.29) is 18.7 Å². The van der Waals surface area contributed by atoms with E-state index in [1.54, 1.807) is 11.3 Å². The molecule has 0 amide bonds. The number of halogens is 2. The van der Waals surface area contributed by atoms with Crippen molar-refractivity contribution >= 4 is 27.2 Å². The average molecular weight is 457 g/mol. The molecule has 3 aromatic heterocycles. The Morgan fingerprint density at radius 2 is 1.94 bits per heavy atom. The zero-order valence-corrected chi connectivity index (χ0v) is 18.4. The molecule has 2 N–H and O–H groups in total. The molecule has 0 aliphatic heterocycles. The molecule has 3 heterocycles. The van der Waals surface area contributed by atoms with Gasteiger partial charge in [0.2, 0.25) is 0 Å². The van der Waals surface area contributed by atoms with Crippen LogP contribution in [0.5, 0.6) is 0 Å². The number of aromatic nitrogens is 4. The molecular formula is C22H22F2N6OS. The van der Waals surface area contributed by atoms with Crippen LogP contribution in [0.4, 0.5) is 14.6 Å². The maximum absolute atomic E-state index is 12.8. The van der Waals surface area contributed by atoms with E-state index in [0.29, 0.717) is 6.54 Å². The molecule has 0 unspecified atom stereocenters. The van der Waals surface area contributed by atoms with Crippen LogP contribution in [0.2, 0.25) is 0 Å². The largest absolute Gasteiger partial charge is 0.363 e. The van der Waals surface area contributed by atoms with E-state index in [2.05, 4.69) is 16.1 Å². The van der Waals surface area contributed by atoms with Crippen LogP contribution >= 0.6 is 11.3 Å². The fraction of sp³-hybridized carbons (Fsp3) is 0.227. The van der Waals surface area contributed by atoms with Crippen LogP contribution < -0.4 is 16.3 Å². The molecule has 0 aliphatic rings. The van der Waals surface area contributed by atoms with Crippen molar-refractivity contribution in [3.63, 3.8) is 0 Å². The summed E-state index contributed by atoms with van der Waals surface area (Å²) in [5, 5.41) is 5.02. The van der Waals surface area contributed by atoms with Crippen LogP contribution in [0, 0.1) is 0 Å². The molecule has 0 saturated carbocycles. The Kier molecular flexibility index (Phi) is 6.15. The number of hydrogen-bond acceptors (Lipinski definition) is 6. The number of nitrogens with two attached hydrogens (primary N) is 1. The van der Waals surface area contributed by atoms with E-state index in [4.69, 9.17) is 5.73 Å². The van der Waals surface area contributed by atoms with Gasteiger partial charge < -0.3 is 10.6 Å². The van der Waals surface area contributed by atoms with E-state index in [1.807, 2.05) is 55.5 Å². The molecule has 0 aliphatic carbocycles. The fourth-order valence-electron chi connectivity index (χ4n) is 3.30. The molecule has 4 aromatic rings. The van der Waals surface area contributed by atoms with Crippen molar-refractivity contribution in [2.24, 2.45) is 5.73 Å². The molecule has 32 heavy (non-hydrogen) atoms. The van der Waals surface area contributed by atoms with Gasteiger partial charge in [-0.2, -0.15) is 13.9 Å². The summed E-state index contributed by atoms with van der Waals surface area (Å²) < 4.78 is 29.2. The number of thiophene rings is 1. The van der Waals surface area contributed by atoms with Crippen molar-refractivity contribution in [3.8, 4) is 11.1 Å². The van der Waals surface area contributed by atoms with Gasteiger partial charge in [-0.1, -0.05) is 12.1 Å². The number of pyridine rings is 1. The van der Waals surface area contributed by atoms with Gasteiger partial charge in [0.05, 0.1) is 13.1 Å². The van der Waals surface area contributed by atoms with Gasteiger partial charge in [-0.3, -0.25) is 4.57 Å². The summed E-state index contributed by atoms with van der Waals surface area (Å²) >= 11 is 1.58. The monoisotopic (exact) mass is 456 g/mol. The maximum Gasteiger partial charge on any atom is 0.346 e. The smallest absolute Gasteiger partial charge is 0.346 e. The molecule has 0 spiro atoms. The Hall–Kier alpha value is -3.37. The highest BCUT2D eigenvalue weighted by molar-refractivity contribution is 7.19. The first-order chi connectivity index (χ1) is 15.4. The van der Waals surface area contributed by atoms with E-state index in [0.717, 1.165) is 36.6 Å². The van der Waals surface area contributed by atoms with Gasteiger partial charge in [-0.15, -0.1) is 11.3 Å². The van der Waals surface area contributed by atoms with Gasteiger partial charge in [0.15, 0.2) is 0 Å². The maximum atomic E-state index is 12.8. The van der Waals surface area contributed by atoms with Crippen LogP contribution in [-0.2, 0) is 13.1 Å². The molecular weight excluding hydrogens is 434 g/mol. The van der Waals surface area contributed by atoms with E-state index >= 15 is 0 Å². The minimum atomic E-state index is -1.87. The van der Waals surface area contributed by atoms with E-state index in [1.165, 1.54) is 10.9 Å². The lowest BCUT2D eigenvalue weighted by Gasteiger charge is -2.11. The van der Waals surface area contributed by atoms with Crippen LogP contribution in [0.1, 0.15) is 4.88 Å². The Bertz CT molecular complexity index is 1330. The zero-order valence-electron chi connectivity index (χ0n) is 17.6. The molecule has 7 nitrogen and oxygen atoms in total. The summed E-state index contributed by atoms with van der Waals surface area (Å²) in [5.74, 6) is 0.891. The summed E-state index contributed by atoms with van der Waals surface area (Å²) in [6, 6.07) is 12.2. The van der Waals surface area contributed by atoms with E-state index < -0.39 is 11.8 Å². The normalized spacial score (nSPS) is 11.2. The SMILES string of the molecule is CN(C)c1ccc(-c2ccc3cc(Cn4cnn(CC(CN)=C(F)F)c4=O)sc3c2)cn1. The first kappa shape index (κ1) is 21.8. The molecule has 1 aromatic carbocycles. The van der Waals surface area contributed by atoms with Crippen molar-refractivity contribution in [2.75, 3.05) is 25.5 Å². The molecule has 0 saturated heterocycles. The predicted molar refractivity (Wildman–Crippen MR) is 123 cm³/mol. The van der Waals surface area contributed by atoms with Crippen molar-refractivity contribution in [1.82, 2.24) is 19.3 Å². The van der Waals surface area contributed by atoms with Crippen molar-refractivity contribution in [2.45, 2.75) is 13.1 Å². The van der Waals surface area contributed by atoms with Crippen LogP contribution in [0.15, 0.2) is 65.4 Å². The van der Waals surface area contributed by atoms with Gasteiger partial charge in [0.25, 0.3) is 6.08 Å². The van der Waals surface area contributed by atoms with Crippen molar-refractivity contribution in [1.29, 1.82) is 0 Å². The zero-order chi connectivity index (χ0) is 22.8. The second-order valence-electron chi connectivity index (χ2n) is 7.53. The Morgan fingerprint density at radius 1 is 1.16 bits per heavy atom. The Labute approximate surface area is 187 Å². The van der Waals surface area contributed by atoms with Gasteiger partial charge >= 0.3 is 5.69 Å². The molecule has 166 valence electrons. The number of fused-ring (bicyclic) bond motifs is 1. The molecule has 0 radical (unpaired) electrons. The van der Waals surface area contributed by atoms with Crippen LogP contribution in [0.25, 0.3) is 21.2 Å². The molecule has 0 bridgehead atoms. The minimum absolute atomic E-state index is 0.306. The van der Waals surface area contributed by atoms with E-state index in [9.17, 15) is 13.6 Å². The summed E-state index contributed by atoms with van der Waals surface area (Å²) in [4.78, 5) is 19.9. The lowest BCUT2D eigenvalue weighted by molar-refractivity contribution is 0.400. The number of hydrogen-bond donors (Lipinski definition) is 1. The molecule has 0 fully saturated rings. The topological polar surface area (TPSA) is 82.0 Å². The number of rotatable bonds is 7. The highest BCUT2D eigenvalue weighted by atomic mass is 32.1. The summed E-state index contributed by atoms with van der Waals surface area (Å²) in [6.45, 7) is -0.332. The number of nitrogens with zero attached hydrogens (tertiary/aromatic N) is 5. The standard InChI is InChI=1S/C22H22F2N6OS/c1-28(2)20-6-5-16(10-26-20)14-3-4-15-7-18(32-19(15)8-14)12-29-13-27-30(22(29)31)11-17(9-25)21(23)24/h3-8,10,13H,9,11-12,25H2,1-2H3. The third-order valence-electron chi connectivity index (χ3n) is 5.09. The average Bonchev–Trinajstić information content (AvgIpc) is 3.34.